The molecule has 42 heavy (non-hydrogen) atoms. The van der Waals surface area contributed by atoms with E-state index in [1.54, 1.807) is 30.3 Å². The molecule has 0 radical (unpaired) electrons. The average molecular weight is 600 g/mol. The number of nitrogens with one attached hydrogen (secondary N) is 2. The number of aryl methyl sites for hydroxylation is 1. The van der Waals surface area contributed by atoms with Crippen LogP contribution in [-0.2, 0) is 33.7 Å². The van der Waals surface area contributed by atoms with Crippen molar-refractivity contribution >= 4 is 15.9 Å². The molecule has 3 aromatic rings. The molecule has 1 aliphatic heterocycles. The predicted molar refractivity (Wildman–Crippen MR) is 155 cm³/mol. The van der Waals surface area contributed by atoms with Gasteiger partial charge in [-0.2, -0.15) is 0 Å². The standard InChI is InChI=1S/C32H36F3N3O3S/c1-32(34,35)25-8-5-9-27(19-25)42(40,41)37-30(23-6-3-2-4-7-23)20-31(39)36-29-13-11-24-18-22(10-12-28(24)29)21-38-16-14-26(33)15-17-38/h2-10,12,18-19,26,29-30,37H,11,13-17,20-21H2,1H3,(H,36,39)/t29-,30-/m1/s1. The Morgan fingerprint density at radius 1 is 1.00 bits per heavy atom. The molecule has 1 saturated heterocycles. The highest BCUT2D eigenvalue weighted by molar-refractivity contribution is 7.89. The van der Waals surface area contributed by atoms with Gasteiger partial charge in [-0.1, -0.05) is 60.7 Å². The van der Waals surface area contributed by atoms with Crippen molar-refractivity contribution in [2.24, 2.45) is 0 Å². The second-order valence-electron chi connectivity index (χ2n) is 11.3. The number of piperidine rings is 1. The number of hydrogen-bond donors (Lipinski definition) is 2. The van der Waals surface area contributed by atoms with E-state index in [9.17, 15) is 26.4 Å². The van der Waals surface area contributed by atoms with Crippen molar-refractivity contribution in [1.82, 2.24) is 14.9 Å². The monoisotopic (exact) mass is 599 g/mol. The molecule has 1 aliphatic carbocycles. The van der Waals surface area contributed by atoms with E-state index in [4.69, 9.17) is 0 Å². The van der Waals surface area contributed by atoms with Crippen LogP contribution in [0.2, 0.25) is 0 Å². The second kappa shape index (κ2) is 12.6. The molecule has 6 nitrogen and oxygen atoms in total. The van der Waals surface area contributed by atoms with Crippen molar-refractivity contribution in [3.63, 3.8) is 0 Å². The summed E-state index contributed by atoms with van der Waals surface area (Å²) in [4.78, 5) is 15.2. The van der Waals surface area contributed by atoms with E-state index in [2.05, 4.69) is 27.1 Å². The van der Waals surface area contributed by atoms with E-state index in [1.807, 2.05) is 6.07 Å². The molecule has 1 amide bonds. The number of likely N-dealkylation sites (tertiary alicyclic amines) is 1. The number of carbonyl (C=O) groups excluding carboxylic acids is 1. The molecule has 0 bridgehead atoms. The van der Waals surface area contributed by atoms with Gasteiger partial charge in [-0.05, 0) is 60.1 Å². The van der Waals surface area contributed by atoms with Crippen molar-refractivity contribution in [3.05, 3.63) is 101 Å². The first kappa shape index (κ1) is 30.3. The quantitative estimate of drug-likeness (QED) is 0.302. The molecule has 1 heterocycles. The highest BCUT2D eigenvalue weighted by Crippen LogP contribution is 2.33. The van der Waals surface area contributed by atoms with Gasteiger partial charge in [-0.25, -0.2) is 26.3 Å². The molecule has 3 aromatic carbocycles. The molecule has 2 aliphatic rings. The molecule has 2 N–H and O–H groups in total. The van der Waals surface area contributed by atoms with E-state index in [-0.39, 0.29) is 23.3 Å². The molecule has 10 heteroatoms. The van der Waals surface area contributed by atoms with E-state index in [0.717, 1.165) is 44.1 Å². The maximum atomic E-state index is 13.9. The zero-order valence-corrected chi connectivity index (χ0v) is 24.3. The summed E-state index contributed by atoms with van der Waals surface area (Å²) < 4.78 is 70.3. The summed E-state index contributed by atoms with van der Waals surface area (Å²) in [6.45, 7) is 2.98. The van der Waals surface area contributed by atoms with E-state index in [0.29, 0.717) is 25.3 Å². The van der Waals surface area contributed by atoms with Crippen LogP contribution in [0.4, 0.5) is 13.2 Å². The fourth-order valence-corrected chi connectivity index (χ4v) is 7.05. The lowest BCUT2D eigenvalue weighted by Crippen LogP contribution is -2.35. The van der Waals surface area contributed by atoms with Gasteiger partial charge in [-0.3, -0.25) is 9.69 Å². The maximum Gasteiger partial charge on any atom is 0.270 e. The Morgan fingerprint density at radius 3 is 2.45 bits per heavy atom. The maximum absolute atomic E-state index is 13.9. The van der Waals surface area contributed by atoms with Crippen molar-refractivity contribution in [2.75, 3.05) is 13.1 Å². The van der Waals surface area contributed by atoms with Crippen LogP contribution in [-0.4, -0.2) is 38.5 Å². The Hall–Kier alpha value is -3.21. The molecule has 0 spiro atoms. The molecular formula is C32H36F3N3O3S. The lowest BCUT2D eigenvalue weighted by Gasteiger charge is -2.28. The highest BCUT2D eigenvalue weighted by Gasteiger charge is 2.30. The van der Waals surface area contributed by atoms with E-state index >= 15 is 0 Å². The van der Waals surface area contributed by atoms with Crippen molar-refractivity contribution < 1.29 is 26.4 Å². The smallest absolute Gasteiger partial charge is 0.270 e. The SMILES string of the molecule is CC(F)(F)c1cccc(S(=O)(=O)N[C@H](CC(=O)N[C@@H]2CCc3cc(CN4CCC(F)CC4)ccc32)c2ccccc2)c1. The first-order valence-corrected chi connectivity index (χ1v) is 15.8. The normalized spacial score (nSPS) is 18.9. The highest BCUT2D eigenvalue weighted by atomic mass is 32.2. The Kier molecular flexibility index (Phi) is 9.05. The number of alkyl halides is 3. The first-order chi connectivity index (χ1) is 20.0. The van der Waals surface area contributed by atoms with Gasteiger partial charge in [-0.15, -0.1) is 0 Å². The molecule has 1 fully saturated rings. The van der Waals surface area contributed by atoms with Gasteiger partial charge in [0, 0.05) is 38.5 Å². The molecule has 2 atom stereocenters. The van der Waals surface area contributed by atoms with Crippen LogP contribution in [0.3, 0.4) is 0 Å². The first-order valence-electron chi connectivity index (χ1n) is 14.3. The summed E-state index contributed by atoms with van der Waals surface area (Å²) in [6, 6.07) is 18.6. The molecular weight excluding hydrogens is 563 g/mol. The fourth-order valence-electron chi connectivity index (χ4n) is 5.78. The predicted octanol–water partition coefficient (Wildman–Crippen LogP) is 5.95. The largest absolute Gasteiger partial charge is 0.349 e. The number of fused-ring (bicyclic) bond motifs is 1. The molecule has 224 valence electrons. The number of benzene rings is 3. The lowest BCUT2D eigenvalue weighted by atomic mass is 10.0. The summed E-state index contributed by atoms with van der Waals surface area (Å²) in [5, 5.41) is 3.07. The number of rotatable bonds is 10. The summed E-state index contributed by atoms with van der Waals surface area (Å²) in [5.41, 5.74) is 3.56. The zero-order valence-electron chi connectivity index (χ0n) is 23.5. The minimum absolute atomic E-state index is 0.165. The summed E-state index contributed by atoms with van der Waals surface area (Å²) >= 11 is 0. The van der Waals surface area contributed by atoms with Gasteiger partial charge in [0.25, 0.3) is 5.92 Å². The molecule has 0 unspecified atom stereocenters. The van der Waals surface area contributed by atoms with Gasteiger partial charge >= 0.3 is 0 Å². The van der Waals surface area contributed by atoms with E-state index in [1.165, 1.54) is 29.3 Å². The third kappa shape index (κ3) is 7.40. The number of amides is 1. The fraction of sp³-hybridized carbons (Fsp3) is 0.406. The molecule has 5 rings (SSSR count). The van der Waals surface area contributed by atoms with Crippen molar-refractivity contribution in [3.8, 4) is 0 Å². The molecule has 0 saturated carbocycles. The Morgan fingerprint density at radius 2 is 1.74 bits per heavy atom. The minimum Gasteiger partial charge on any atom is -0.349 e. The van der Waals surface area contributed by atoms with Crippen LogP contribution in [0.15, 0.2) is 77.7 Å². The van der Waals surface area contributed by atoms with Crippen molar-refractivity contribution in [1.29, 1.82) is 0 Å². The summed E-state index contributed by atoms with van der Waals surface area (Å²) in [6.07, 6.45) is 1.82. The summed E-state index contributed by atoms with van der Waals surface area (Å²) in [7, 11) is -4.22. The molecule has 0 aromatic heterocycles. The number of halogens is 3. The van der Waals surface area contributed by atoms with Gasteiger partial charge in [0.2, 0.25) is 15.9 Å². The summed E-state index contributed by atoms with van der Waals surface area (Å²) in [5.74, 6) is -3.52. The minimum atomic E-state index is -4.22. The van der Waals surface area contributed by atoms with Crippen LogP contribution in [0, 0.1) is 0 Å². The van der Waals surface area contributed by atoms with Crippen LogP contribution >= 0.6 is 0 Å². The Balaban J connectivity index is 1.27. The van der Waals surface area contributed by atoms with Gasteiger partial charge in [0.05, 0.1) is 17.0 Å². The van der Waals surface area contributed by atoms with Gasteiger partial charge in [0.15, 0.2) is 0 Å². The lowest BCUT2D eigenvalue weighted by molar-refractivity contribution is -0.122. The third-order valence-electron chi connectivity index (χ3n) is 8.08. The van der Waals surface area contributed by atoms with Gasteiger partial charge < -0.3 is 5.32 Å². The number of nitrogens with zero attached hydrogens (tertiary/aromatic N) is 1. The zero-order chi connectivity index (χ0) is 29.9. The average Bonchev–Trinajstić information content (AvgIpc) is 3.35. The van der Waals surface area contributed by atoms with Crippen LogP contribution < -0.4 is 10.0 Å². The van der Waals surface area contributed by atoms with Gasteiger partial charge in [0.1, 0.15) is 6.17 Å². The number of hydrogen-bond acceptors (Lipinski definition) is 4. The topological polar surface area (TPSA) is 78.5 Å². The van der Waals surface area contributed by atoms with Crippen LogP contribution in [0.25, 0.3) is 0 Å². The number of carbonyl (C=O) groups is 1. The van der Waals surface area contributed by atoms with E-state index < -0.39 is 33.7 Å². The Labute approximate surface area is 245 Å². The van der Waals surface area contributed by atoms with Crippen LogP contribution in [0.1, 0.15) is 72.5 Å². The third-order valence-corrected chi connectivity index (χ3v) is 9.55. The number of sulfonamides is 1. The van der Waals surface area contributed by atoms with Crippen molar-refractivity contribution in [2.45, 2.75) is 74.6 Å². The Bertz CT molecular complexity index is 1500. The second-order valence-corrected chi connectivity index (χ2v) is 13.1. The van der Waals surface area contributed by atoms with Crippen LogP contribution in [0.5, 0.6) is 0 Å².